The van der Waals surface area contributed by atoms with Crippen LogP contribution in [0.5, 0.6) is 5.75 Å². The molecule has 3 N–H and O–H groups in total. The number of ether oxygens (including phenoxy) is 2. The van der Waals surface area contributed by atoms with Crippen LogP contribution in [0.15, 0.2) is 18.2 Å². The number of anilines is 1. The zero-order valence-corrected chi connectivity index (χ0v) is 9.56. The summed E-state index contributed by atoms with van der Waals surface area (Å²) < 4.78 is 10.4. The molecule has 1 fully saturated rings. The number of hydrogen-bond donors (Lipinski definition) is 2. The molecule has 0 aliphatic carbocycles. The van der Waals surface area contributed by atoms with E-state index in [1.54, 1.807) is 18.2 Å². The second-order valence-corrected chi connectivity index (χ2v) is 4.49. The molecule has 2 aliphatic rings. The summed E-state index contributed by atoms with van der Waals surface area (Å²) in [6.07, 6.45) is 0. The first kappa shape index (κ1) is 11.0. The van der Waals surface area contributed by atoms with Crippen molar-refractivity contribution in [2.45, 2.75) is 5.41 Å². The van der Waals surface area contributed by atoms with Crippen molar-refractivity contribution in [3.05, 3.63) is 23.8 Å². The fourth-order valence-corrected chi connectivity index (χ4v) is 2.14. The van der Waals surface area contributed by atoms with Gasteiger partial charge in [-0.05, 0) is 17.7 Å². The highest BCUT2D eigenvalue weighted by Gasteiger charge is 2.46. The van der Waals surface area contributed by atoms with Crippen molar-refractivity contribution in [3.8, 4) is 5.75 Å². The smallest absolute Gasteiger partial charge is 0.262 e. The average Bonchev–Trinajstić information content (AvgIpc) is 2.26. The molecule has 2 aliphatic heterocycles. The van der Waals surface area contributed by atoms with Crippen molar-refractivity contribution in [1.82, 2.24) is 0 Å². The molecule has 3 rings (SSSR count). The standard InChI is InChI=1S/C12H12N2O4/c13-11(16)12(5-17-6-12)7-1-2-9-8(3-7)14-10(15)4-18-9/h1-3H,4-6H2,(H2,13,16)(H,14,15). The minimum absolute atomic E-state index is 0.0103. The summed E-state index contributed by atoms with van der Waals surface area (Å²) in [5, 5.41) is 2.70. The fraction of sp³-hybridized carbons (Fsp3) is 0.333. The van der Waals surface area contributed by atoms with Crippen LogP contribution < -0.4 is 15.8 Å². The molecular weight excluding hydrogens is 236 g/mol. The van der Waals surface area contributed by atoms with Crippen LogP contribution in [0, 0.1) is 0 Å². The highest BCUT2D eigenvalue weighted by molar-refractivity contribution is 5.96. The van der Waals surface area contributed by atoms with Crippen LogP contribution in [0.4, 0.5) is 5.69 Å². The Bertz CT molecular complexity index is 537. The van der Waals surface area contributed by atoms with Gasteiger partial charge in [0.2, 0.25) is 5.91 Å². The third kappa shape index (κ3) is 1.46. The van der Waals surface area contributed by atoms with Crippen molar-refractivity contribution >= 4 is 17.5 Å². The van der Waals surface area contributed by atoms with Crippen molar-refractivity contribution in [1.29, 1.82) is 0 Å². The second kappa shape index (κ2) is 3.71. The topological polar surface area (TPSA) is 90.7 Å². The van der Waals surface area contributed by atoms with E-state index in [0.29, 0.717) is 11.4 Å². The van der Waals surface area contributed by atoms with Gasteiger partial charge in [0, 0.05) is 0 Å². The van der Waals surface area contributed by atoms with E-state index in [1.807, 2.05) is 0 Å². The summed E-state index contributed by atoms with van der Waals surface area (Å²) in [6, 6.07) is 5.23. The number of fused-ring (bicyclic) bond motifs is 1. The maximum Gasteiger partial charge on any atom is 0.262 e. The molecule has 6 nitrogen and oxygen atoms in total. The molecular formula is C12H12N2O4. The summed E-state index contributed by atoms with van der Waals surface area (Å²) in [5.74, 6) is -0.0346. The Morgan fingerprint density at radius 3 is 2.78 bits per heavy atom. The van der Waals surface area contributed by atoms with Crippen LogP contribution in [0.3, 0.4) is 0 Å². The number of carbonyl (C=O) groups excluding carboxylic acids is 2. The molecule has 6 heteroatoms. The van der Waals surface area contributed by atoms with Crippen molar-refractivity contribution in [2.24, 2.45) is 5.73 Å². The van der Waals surface area contributed by atoms with E-state index >= 15 is 0 Å². The van der Waals surface area contributed by atoms with Crippen LogP contribution in [0.25, 0.3) is 0 Å². The molecule has 18 heavy (non-hydrogen) atoms. The summed E-state index contributed by atoms with van der Waals surface area (Å²) in [7, 11) is 0. The van der Waals surface area contributed by atoms with Gasteiger partial charge in [-0.2, -0.15) is 0 Å². The molecule has 2 amide bonds. The van der Waals surface area contributed by atoms with Crippen LogP contribution in [0.1, 0.15) is 5.56 Å². The lowest BCUT2D eigenvalue weighted by atomic mass is 9.77. The molecule has 2 heterocycles. The zero-order chi connectivity index (χ0) is 12.8. The Kier molecular flexibility index (Phi) is 2.27. The van der Waals surface area contributed by atoms with E-state index in [4.69, 9.17) is 15.2 Å². The first-order valence-electron chi connectivity index (χ1n) is 5.57. The normalized spacial score (nSPS) is 20.1. The Balaban J connectivity index is 2.01. The molecule has 0 atom stereocenters. The lowest BCUT2D eigenvalue weighted by Gasteiger charge is -2.39. The lowest BCUT2D eigenvalue weighted by Crippen LogP contribution is -2.56. The number of nitrogens with one attached hydrogen (secondary N) is 1. The van der Waals surface area contributed by atoms with Gasteiger partial charge in [0.05, 0.1) is 18.9 Å². The average molecular weight is 248 g/mol. The number of amides is 2. The molecule has 0 radical (unpaired) electrons. The summed E-state index contributed by atoms with van der Waals surface area (Å²) in [4.78, 5) is 22.8. The predicted molar refractivity (Wildman–Crippen MR) is 62.3 cm³/mol. The van der Waals surface area contributed by atoms with E-state index in [0.717, 1.165) is 5.56 Å². The third-order valence-corrected chi connectivity index (χ3v) is 3.33. The van der Waals surface area contributed by atoms with Gasteiger partial charge in [-0.3, -0.25) is 9.59 Å². The number of rotatable bonds is 2. The third-order valence-electron chi connectivity index (χ3n) is 3.33. The molecule has 0 unspecified atom stereocenters. The maximum absolute atomic E-state index is 11.6. The fourth-order valence-electron chi connectivity index (χ4n) is 2.14. The molecule has 1 aromatic carbocycles. The molecule has 94 valence electrons. The summed E-state index contributed by atoms with van der Waals surface area (Å²) in [6.45, 7) is 0.558. The first-order valence-corrected chi connectivity index (χ1v) is 5.57. The number of primary amides is 1. The molecule has 0 spiro atoms. The van der Waals surface area contributed by atoms with Gasteiger partial charge in [-0.1, -0.05) is 6.07 Å². The zero-order valence-electron chi connectivity index (χ0n) is 9.56. The Morgan fingerprint density at radius 2 is 2.17 bits per heavy atom. The highest BCUT2D eigenvalue weighted by Crippen LogP contribution is 2.37. The second-order valence-electron chi connectivity index (χ2n) is 4.49. The van der Waals surface area contributed by atoms with Gasteiger partial charge < -0.3 is 20.5 Å². The molecule has 0 aromatic heterocycles. The van der Waals surface area contributed by atoms with E-state index in [9.17, 15) is 9.59 Å². The number of hydrogen-bond acceptors (Lipinski definition) is 4. The van der Waals surface area contributed by atoms with Crippen LogP contribution in [-0.4, -0.2) is 31.6 Å². The van der Waals surface area contributed by atoms with Crippen molar-refractivity contribution in [3.63, 3.8) is 0 Å². The van der Waals surface area contributed by atoms with Gasteiger partial charge in [0.15, 0.2) is 6.61 Å². The van der Waals surface area contributed by atoms with Gasteiger partial charge in [0.25, 0.3) is 5.91 Å². The largest absolute Gasteiger partial charge is 0.482 e. The number of benzene rings is 1. The van der Waals surface area contributed by atoms with Gasteiger partial charge in [0.1, 0.15) is 11.2 Å². The Labute approximate surface area is 103 Å². The minimum atomic E-state index is -0.781. The SMILES string of the molecule is NC(=O)C1(c2ccc3c(c2)NC(=O)CO3)COC1. The number of carbonyl (C=O) groups is 2. The monoisotopic (exact) mass is 248 g/mol. The minimum Gasteiger partial charge on any atom is -0.482 e. The quantitative estimate of drug-likeness (QED) is 0.756. The number of nitrogens with two attached hydrogens (primary N) is 1. The first-order chi connectivity index (χ1) is 8.62. The van der Waals surface area contributed by atoms with Gasteiger partial charge in [-0.15, -0.1) is 0 Å². The van der Waals surface area contributed by atoms with E-state index < -0.39 is 11.3 Å². The van der Waals surface area contributed by atoms with Crippen LogP contribution >= 0.6 is 0 Å². The molecule has 0 bridgehead atoms. The summed E-state index contributed by atoms with van der Waals surface area (Å²) in [5.41, 5.74) is 5.96. The van der Waals surface area contributed by atoms with Crippen molar-refractivity contribution in [2.75, 3.05) is 25.1 Å². The Morgan fingerprint density at radius 1 is 1.39 bits per heavy atom. The highest BCUT2D eigenvalue weighted by atomic mass is 16.5. The van der Waals surface area contributed by atoms with Crippen LogP contribution in [0.2, 0.25) is 0 Å². The van der Waals surface area contributed by atoms with E-state index in [1.165, 1.54) is 0 Å². The van der Waals surface area contributed by atoms with Gasteiger partial charge >= 0.3 is 0 Å². The lowest BCUT2D eigenvalue weighted by molar-refractivity contribution is -0.141. The molecule has 0 saturated carbocycles. The summed E-state index contributed by atoms with van der Waals surface area (Å²) >= 11 is 0. The van der Waals surface area contributed by atoms with Gasteiger partial charge in [-0.25, -0.2) is 0 Å². The van der Waals surface area contributed by atoms with Crippen LogP contribution in [-0.2, 0) is 19.7 Å². The molecule has 1 aromatic rings. The van der Waals surface area contributed by atoms with E-state index in [-0.39, 0.29) is 25.7 Å². The Hall–Kier alpha value is -2.08. The maximum atomic E-state index is 11.6. The predicted octanol–water partition coefficient (Wildman–Crippen LogP) is -0.229. The van der Waals surface area contributed by atoms with E-state index in [2.05, 4.69) is 5.32 Å². The molecule has 1 saturated heterocycles. The van der Waals surface area contributed by atoms with Crippen molar-refractivity contribution < 1.29 is 19.1 Å².